The van der Waals surface area contributed by atoms with E-state index in [0.717, 1.165) is 68.2 Å². The molecule has 0 N–H and O–H groups in total. The number of hydrogen-bond donors (Lipinski definition) is 0. The standard InChI is InChI=1S/C17H22N6O/c1-13-14(12-19-17(20-13)23-8-10-24-11-9-23)15-4-5-18-16(21-15)22-6-2-3-7-22/h4-5,12H,2-3,6-11H2,1H3. The third-order valence-electron chi connectivity index (χ3n) is 4.57. The summed E-state index contributed by atoms with van der Waals surface area (Å²) in [4.78, 5) is 22.8. The first kappa shape index (κ1) is 15.3. The van der Waals surface area contributed by atoms with Crippen LogP contribution in [0.25, 0.3) is 11.3 Å². The third-order valence-corrected chi connectivity index (χ3v) is 4.57. The second-order valence-corrected chi connectivity index (χ2v) is 6.20. The zero-order valence-corrected chi connectivity index (χ0v) is 14.0. The van der Waals surface area contributed by atoms with Gasteiger partial charge in [0.2, 0.25) is 11.9 Å². The minimum absolute atomic E-state index is 0.731. The molecule has 0 aromatic carbocycles. The highest BCUT2D eigenvalue weighted by atomic mass is 16.5. The number of nitrogens with zero attached hydrogens (tertiary/aromatic N) is 6. The van der Waals surface area contributed by atoms with Crippen molar-refractivity contribution < 1.29 is 4.74 Å². The smallest absolute Gasteiger partial charge is 0.225 e. The Labute approximate surface area is 141 Å². The van der Waals surface area contributed by atoms with Crippen molar-refractivity contribution >= 4 is 11.9 Å². The topological polar surface area (TPSA) is 67.3 Å². The van der Waals surface area contributed by atoms with E-state index in [1.165, 1.54) is 12.8 Å². The van der Waals surface area contributed by atoms with Gasteiger partial charge < -0.3 is 14.5 Å². The van der Waals surface area contributed by atoms with Gasteiger partial charge in [-0.3, -0.25) is 0 Å². The summed E-state index contributed by atoms with van der Waals surface area (Å²) in [6.45, 7) is 7.23. The highest BCUT2D eigenvalue weighted by Gasteiger charge is 2.18. The van der Waals surface area contributed by atoms with E-state index in [2.05, 4.69) is 24.8 Å². The summed E-state index contributed by atoms with van der Waals surface area (Å²) in [7, 11) is 0. The Hall–Kier alpha value is -2.28. The fourth-order valence-electron chi connectivity index (χ4n) is 3.19. The van der Waals surface area contributed by atoms with Crippen LogP contribution in [0.2, 0.25) is 0 Å². The molecule has 24 heavy (non-hydrogen) atoms. The Morgan fingerprint density at radius 2 is 1.62 bits per heavy atom. The molecular formula is C17H22N6O. The van der Waals surface area contributed by atoms with Crippen molar-refractivity contribution in [2.75, 3.05) is 49.2 Å². The summed E-state index contributed by atoms with van der Waals surface area (Å²) in [6.07, 6.45) is 6.13. The van der Waals surface area contributed by atoms with E-state index in [4.69, 9.17) is 9.72 Å². The van der Waals surface area contributed by atoms with E-state index in [9.17, 15) is 0 Å². The molecule has 2 fully saturated rings. The predicted octanol–water partition coefficient (Wildman–Crippen LogP) is 1.68. The van der Waals surface area contributed by atoms with Crippen molar-refractivity contribution in [2.45, 2.75) is 19.8 Å². The lowest BCUT2D eigenvalue weighted by atomic mass is 10.2. The Kier molecular flexibility index (Phi) is 4.25. The van der Waals surface area contributed by atoms with E-state index >= 15 is 0 Å². The lowest BCUT2D eigenvalue weighted by molar-refractivity contribution is 0.122. The molecule has 0 bridgehead atoms. The van der Waals surface area contributed by atoms with Crippen LogP contribution in [0.15, 0.2) is 18.5 Å². The van der Waals surface area contributed by atoms with Gasteiger partial charge in [0.15, 0.2) is 0 Å². The van der Waals surface area contributed by atoms with Crippen molar-refractivity contribution in [3.05, 3.63) is 24.2 Å². The summed E-state index contributed by atoms with van der Waals surface area (Å²) >= 11 is 0. The number of rotatable bonds is 3. The summed E-state index contributed by atoms with van der Waals surface area (Å²) < 4.78 is 5.39. The SMILES string of the molecule is Cc1nc(N2CCOCC2)ncc1-c1ccnc(N2CCCC2)n1. The van der Waals surface area contributed by atoms with Gasteiger partial charge in [0.1, 0.15) is 0 Å². The van der Waals surface area contributed by atoms with Crippen LogP contribution in [0.4, 0.5) is 11.9 Å². The predicted molar refractivity (Wildman–Crippen MR) is 92.3 cm³/mol. The third kappa shape index (κ3) is 3.03. The van der Waals surface area contributed by atoms with E-state index in [1.807, 2.05) is 25.4 Å². The fourth-order valence-corrected chi connectivity index (χ4v) is 3.19. The summed E-state index contributed by atoms with van der Waals surface area (Å²) in [5, 5.41) is 0. The van der Waals surface area contributed by atoms with Crippen molar-refractivity contribution in [3.8, 4) is 11.3 Å². The van der Waals surface area contributed by atoms with Crippen LogP contribution in [0, 0.1) is 6.92 Å². The fraction of sp³-hybridized carbons (Fsp3) is 0.529. The first-order valence-corrected chi connectivity index (χ1v) is 8.56. The van der Waals surface area contributed by atoms with E-state index in [-0.39, 0.29) is 0 Å². The largest absolute Gasteiger partial charge is 0.378 e. The molecule has 2 aromatic heterocycles. The molecule has 126 valence electrons. The monoisotopic (exact) mass is 326 g/mol. The average Bonchev–Trinajstić information content (AvgIpc) is 3.17. The quantitative estimate of drug-likeness (QED) is 0.850. The van der Waals surface area contributed by atoms with Gasteiger partial charge in [-0.15, -0.1) is 0 Å². The highest BCUT2D eigenvalue weighted by molar-refractivity contribution is 5.62. The molecule has 0 radical (unpaired) electrons. The molecule has 0 saturated carbocycles. The van der Waals surface area contributed by atoms with Gasteiger partial charge in [-0.25, -0.2) is 19.9 Å². The van der Waals surface area contributed by atoms with Gasteiger partial charge in [-0.05, 0) is 25.8 Å². The van der Waals surface area contributed by atoms with Gasteiger partial charge in [0.05, 0.1) is 24.6 Å². The maximum Gasteiger partial charge on any atom is 0.225 e. The number of anilines is 2. The molecule has 4 rings (SSSR count). The van der Waals surface area contributed by atoms with E-state index < -0.39 is 0 Å². The lowest BCUT2D eigenvalue weighted by Gasteiger charge is -2.27. The molecule has 2 aliphatic rings. The molecule has 2 aromatic rings. The van der Waals surface area contributed by atoms with E-state index in [0.29, 0.717) is 0 Å². The molecule has 4 heterocycles. The minimum Gasteiger partial charge on any atom is -0.378 e. The van der Waals surface area contributed by atoms with Crippen molar-refractivity contribution in [1.29, 1.82) is 0 Å². The van der Waals surface area contributed by atoms with Crippen molar-refractivity contribution in [2.24, 2.45) is 0 Å². The van der Waals surface area contributed by atoms with Crippen LogP contribution in [0.3, 0.4) is 0 Å². The van der Waals surface area contributed by atoms with Gasteiger partial charge in [-0.2, -0.15) is 0 Å². The number of hydrogen-bond acceptors (Lipinski definition) is 7. The Morgan fingerprint density at radius 1 is 0.917 bits per heavy atom. The number of aromatic nitrogens is 4. The van der Waals surface area contributed by atoms with E-state index in [1.54, 1.807) is 0 Å². The van der Waals surface area contributed by atoms with Crippen LogP contribution in [0.1, 0.15) is 18.5 Å². The molecule has 7 heteroatoms. The van der Waals surface area contributed by atoms with Crippen molar-refractivity contribution in [1.82, 2.24) is 19.9 Å². The van der Waals surface area contributed by atoms with Gasteiger partial charge in [0.25, 0.3) is 0 Å². The molecule has 2 aliphatic heterocycles. The molecule has 0 atom stereocenters. The summed E-state index contributed by atoms with van der Waals surface area (Å²) in [5.41, 5.74) is 2.80. The van der Waals surface area contributed by atoms with Crippen LogP contribution >= 0.6 is 0 Å². The first-order chi connectivity index (χ1) is 11.8. The van der Waals surface area contributed by atoms with Gasteiger partial charge in [0, 0.05) is 44.1 Å². The molecule has 7 nitrogen and oxygen atoms in total. The van der Waals surface area contributed by atoms with Gasteiger partial charge >= 0.3 is 0 Å². The molecule has 0 spiro atoms. The Bertz CT molecular complexity index is 710. The minimum atomic E-state index is 0.731. The summed E-state index contributed by atoms with van der Waals surface area (Å²) in [6, 6.07) is 1.93. The number of aryl methyl sites for hydroxylation is 1. The van der Waals surface area contributed by atoms with Crippen molar-refractivity contribution in [3.63, 3.8) is 0 Å². The van der Waals surface area contributed by atoms with Crippen LogP contribution < -0.4 is 9.80 Å². The Morgan fingerprint density at radius 3 is 2.38 bits per heavy atom. The lowest BCUT2D eigenvalue weighted by Crippen LogP contribution is -2.37. The number of morpholine rings is 1. The Balaban J connectivity index is 1.60. The zero-order chi connectivity index (χ0) is 16.4. The molecular weight excluding hydrogens is 304 g/mol. The average molecular weight is 326 g/mol. The molecule has 0 unspecified atom stereocenters. The van der Waals surface area contributed by atoms with Crippen LogP contribution in [-0.2, 0) is 4.74 Å². The van der Waals surface area contributed by atoms with Gasteiger partial charge in [-0.1, -0.05) is 0 Å². The maximum absolute atomic E-state index is 5.39. The maximum atomic E-state index is 5.39. The second-order valence-electron chi connectivity index (χ2n) is 6.20. The second kappa shape index (κ2) is 6.68. The van der Waals surface area contributed by atoms with Crippen LogP contribution in [0.5, 0.6) is 0 Å². The molecule has 2 saturated heterocycles. The highest BCUT2D eigenvalue weighted by Crippen LogP contribution is 2.24. The number of ether oxygens (including phenoxy) is 1. The molecule has 0 amide bonds. The zero-order valence-electron chi connectivity index (χ0n) is 14.0. The first-order valence-electron chi connectivity index (χ1n) is 8.56. The molecule has 0 aliphatic carbocycles. The summed E-state index contributed by atoms with van der Waals surface area (Å²) in [5.74, 6) is 1.58. The van der Waals surface area contributed by atoms with Crippen LogP contribution in [-0.4, -0.2) is 59.3 Å². The normalized spacial score (nSPS) is 18.2.